The Kier molecular flexibility index (Phi) is 2.33. The van der Waals surface area contributed by atoms with Crippen molar-refractivity contribution in [3.8, 4) is 5.69 Å². The third-order valence-corrected chi connectivity index (χ3v) is 2.34. The second-order valence-corrected chi connectivity index (χ2v) is 3.70. The molecule has 1 aromatic heterocycles. The van der Waals surface area contributed by atoms with Gasteiger partial charge in [0.1, 0.15) is 6.33 Å². The van der Waals surface area contributed by atoms with E-state index in [1.807, 2.05) is 24.3 Å². The third-order valence-electron chi connectivity index (χ3n) is 1.59. The summed E-state index contributed by atoms with van der Waals surface area (Å²) in [5, 5.41) is 7.74. The largest absolute Gasteiger partial charge is 0.272 e. The molecule has 0 aliphatic carbocycles. The Bertz CT molecular complexity index is 427. The molecule has 13 heavy (non-hydrogen) atoms. The van der Waals surface area contributed by atoms with Gasteiger partial charge < -0.3 is 0 Å². The zero-order valence-corrected chi connectivity index (χ0v) is 8.83. The maximum atomic E-state index is 5.80. The van der Waals surface area contributed by atoms with Gasteiger partial charge in [-0.3, -0.25) is 4.57 Å². The fourth-order valence-corrected chi connectivity index (χ4v) is 1.59. The quantitative estimate of drug-likeness (QED) is 0.787. The van der Waals surface area contributed by atoms with Gasteiger partial charge in [-0.2, -0.15) is 0 Å². The molecule has 0 amide bonds. The van der Waals surface area contributed by atoms with E-state index in [1.165, 1.54) is 0 Å². The molecule has 0 aliphatic rings. The Hall–Kier alpha value is -0.870. The molecule has 3 nitrogen and oxygen atoms in total. The number of hydrogen-bond acceptors (Lipinski definition) is 2. The summed E-state index contributed by atoms with van der Waals surface area (Å²) in [7, 11) is 0. The van der Waals surface area contributed by atoms with Gasteiger partial charge >= 0.3 is 0 Å². The first kappa shape index (κ1) is 8.72. The highest BCUT2D eigenvalue weighted by molar-refractivity contribution is 9.10. The van der Waals surface area contributed by atoms with Crippen LogP contribution in [0, 0.1) is 0 Å². The van der Waals surface area contributed by atoms with Gasteiger partial charge in [0.05, 0.1) is 5.69 Å². The van der Waals surface area contributed by atoms with Crippen molar-refractivity contribution in [2.45, 2.75) is 0 Å². The van der Waals surface area contributed by atoms with Gasteiger partial charge in [0.2, 0.25) is 5.28 Å². The highest BCUT2D eigenvalue weighted by Crippen LogP contribution is 2.17. The number of aromatic nitrogens is 3. The lowest BCUT2D eigenvalue weighted by Gasteiger charge is -2.01. The van der Waals surface area contributed by atoms with Crippen molar-refractivity contribution < 1.29 is 0 Å². The molecule has 0 atom stereocenters. The fourth-order valence-electron chi connectivity index (χ4n) is 1.02. The maximum absolute atomic E-state index is 5.80. The molecule has 2 rings (SSSR count). The minimum absolute atomic E-state index is 0.359. The first-order chi connectivity index (χ1) is 6.27. The molecule has 0 unspecified atom stereocenters. The van der Waals surface area contributed by atoms with Crippen LogP contribution in [0.2, 0.25) is 5.28 Å². The fraction of sp³-hybridized carbons (Fsp3) is 0. The Labute approximate surface area is 88.5 Å². The van der Waals surface area contributed by atoms with E-state index in [4.69, 9.17) is 11.6 Å². The van der Waals surface area contributed by atoms with Gasteiger partial charge in [-0.15, -0.1) is 10.2 Å². The SMILES string of the molecule is Clc1nncn1-c1cccc(Br)c1. The molecule has 0 spiro atoms. The van der Waals surface area contributed by atoms with Crippen LogP contribution in [0.15, 0.2) is 35.1 Å². The van der Waals surface area contributed by atoms with E-state index in [1.54, 1.807) is 10.9 Å². The van der Waals surface area contributed by atoms with E-state index < -0.39 is 0 Å². The van der Waals surface area contributed by atoms with E-state index in [0.29, 0.717) is 5.28 Å². The zero-order valence-electron chi connectivity index (χ0n) is 6.48. The summed E-state index contributed by atoms with van der Waals surface area (Å²) in [5.74, 6) is 0. The molecule has 0 fully saturated rings. The molecule has 66 valence electrons. The van der Waals surface area contributed by atoms with E-state index >= 15 is 0 Å². The number of nitrogens with zero attached hydrogens (tertiary/aromatic N) is 3. The normalized spacial score (nSPS) is 10.3. The minimum atomic E-state index is 0.359. The molecule has 0 aliphatic heterocycles. The van der Waals surface area contributed by atoms with Crippen LogP contribution in [-0.2, 0) is 0 Å². The molecular weight excluding hydrogens is 253 g/mol. The Morgan fingerprint density at radius 1 is 1.38 bits per heavy atom. The van der Waals surface area contributed by atoms with E-state index in [-0.39, 0.29) is 0 Å². The van der Waals surface area contributed by atoms with E-state index in [2.05, 4.69) is 26.1 Å². The lowest BCUT2D eigenvalue weighted by molar-refractivity contribution is 1.05. The molecule has 1 heterocycles. The molecule has 0 radical (unpaired) electrons. The van der Waals surface area contributed by atoms with Crippen molar-refractivity contribution in [2.75, 3.05) is 0 Å². The van der Waals surface area contributed by atoms with Crippen LogP contribution in [-0.4, -0.2) is 14.8 Å². The second kappa shape index (κ2) is 3.47. The van der Waals surface area contributed by atoms with Gasteiger partial charge in [0.15, 0.2) is 0 Å². The summed E-state index contributed by atoms with van der Waals surface area (Å²) in [6.45, 7) is 0. The third kappa shape index (κ3) is 1.73. The lowest BCUT2D eigenvalue weighted by Crippen LogP contribution is -1.91. The summed E-state index contributed by atoms with van der Waals surface area (Å²) < 4.78 is 2.70. The summed E-state index contributed by atoms with van der Waals surface area (Å²) >= 11 is 9.18. The predicted molar refractivity (Wildman–Crippen MR) is 54.1 cm³/mol. The minimum Gasteiger partial charge on any atom is -0.272 e. The molecule has 0 N–H and O–H groups in total. The highest BCUT2D eigenvalue weighted by atomic mass is 79.9. The highest BCUT2D eigenvalue weighted by Gasteiger charge is 2.02. The maximum Gasteiger partial charge on any atom is 0.229 e. The van der Waals surface area contributed by atoms with Gasteiger partial charge in [0.25, 0.3) is 0 Å². The van der Waals surface area contributed by atoms with Crippen molar-refractivity contribution in [3.05, 3.63) is 40.3 Å². The van der Waals surface area contributed by atoms with Crippen LogP contribution in [0.4, 0.5) is 0 Å². The average molecular weight is 259 g/mol. The zero-order chi connectivity index (χ0) is 9.26. The van der Waals surface area contributed by atoms with Crippen molar-refractivity contribution >= 4 is 27.5 Å². The molecule has 0 bridgehead atoms. The summed E-state index contributed by atoms with van der Waals surface area (Å²) in [5.41, 5.74) is 0.935. The van der Waals surface area contributed by atoms with Gasteiger partial charge in [-0.25, -0.2) is 0 Å². The first-order valence-corrected chi connectivity index (χ1v) is 4.76. The summed E-state index contributed by atoms with van der Waals surface area (Å²) in [6, 6.07) is 7.74. The molecule has 0 saturated heterocycles. The Balaban J connectivity index is 2.53. The number of rotatable bonds is 1. The van der Waals surface area contributed by atoms with Crippen LogP contribution in [0.25, 0.3) is 5.69 Å². The van der Waals surface area contributed by atoms with Crippen LogP contribution >= 0.6 is 27.5 Å². The van der Waals surface area contributed by atoms with Gasteiger partial charge in [0, 0.05) is 4.47 Å². The molecular formula is C8H5BrClN3. The second-order valence-electron chi connectivity index (χ2n) is 2.45. The molecule has 2 aromatic rings. The van der Waals surface area contributed by atoms with Crippen LogP contribution in [0.5, 0.6) is 0 Å². The van der Waals surface area contributed by atoms with Crippen LogP contribution < -0.4 is 0 Å². The number of benzene rings is 1. The summed E-state index contributed by atoms with van der Waals surface area (Å²) in [4.78, 5) is 0. The van der Waals surface area contributed by atoms with E-state index in [9.17, 15) is 0 Å². The standard InChI is InChI=1S/C8H5BrClN3/c9-6-2-1-3-7(4-6)13-5-11-12-8(13)10/h1-5H. The molecule has 5 heteroatoms. The smallest absolute Gasteiger partial charge is 0.229 e. The average Bonchev–Trinajstić information content (AvgIpc) is 2.51. The first-order valence-electron chi connectivity index (χ1n) is 3.59. The topological polar surface area (TPSA) is 30.7 Å². The Morgan fingerprint density at radius 3 is 2.85 bits per heavy atom. The van der Waals surface area contributed by atoms with Gasteiger partial charge in [-0.1, -0.05) is 22.0 Å². The lowest BCUT2D eigenvalue weighted by atomic mass is 10.3. The molecule has 0 saturated carbocycles. The number of hydrogen-bond donors (Lipinski definition) is 0. The van der Waals surface area contributed by atoms with Crippen molar-refractivity contribution in [1.82, 2.24) is 14.8 Å². The van der Waals surface area contributed by atoms with Crippen molar-refractivity contribution in [2.24, 2.45) is 0 Å². The number of halogens is 2. The van der Waals surface area contributed by atoms with Crippen LogP contribution in [0.3, 0.4) is 0 Å². The molecule has 1 aromatic carbocycles. The Morgan fingerprint density at radius 2 is 2.23 bits per heavy atom. The van der Waals surface area contributed by atoms with Crippen LogP contribution in [0.1, 0.15) is 0 Å². The summed E-state index contributed by atoms with van der Waals surface area (Å²) in [6.07, 6.45) is 1.57. The van der Waals surface area contributed by atoms with E-state index in [0.717, 1.165) is 10.2 Å². The van der Waals surface area contributed by atoms with Gasteiger partial charge in [-0.05, 0) is 29.8 Å². The monoisotopic (exact) mass is 257 g/mol. The van der Waals surface area contributed by atoms with Crippen molar-refractivity contribution in [3.63, 3.8) is 0 Å². The predicted octanol–water partition coefficient (Wildman–Crippen LogP) is 2.68. The van der Waals surface area contributed by atoms with Crippen molar-refractivity contribution in [1.29, 1.82) is 0 Å².